The van der Waals surface area contributed by atoms with Gasteiger partial charge in [-0.3, -0.25) is 4.79 Å². The summed E-state index contributed by atoms with van der Waals surface area (Å²) in [5.41, 5.74) is 3.71. The van der Waals surface area contributed by atoms with Crippen LogP contribution in [0.25, 0.3) is 0 Å². The van der Waals surface area contributed by atoms with Crippen LogP contribution in [0.3, 0.4) is 0 Å². The predicted molar refractivity (Wildman–Crippen MR) is 106 cm³/mol. The van der Waals surface area contributed by atoms with Gasteiger partial charge in [0.05, 0.1) is 0 Å². The summed E-state index contributed by atoms with van der Waals surface area (Å²) in [4.78, 5) is 12.1. The molecule has 1 heterocycles. The third-order valence-electron chi connectivity index (χ3n) is 3.94. The van der Waals surface area contributed by atoms with Crippen LogP contribution in [-0.2, 0) is 23.4 Å². The fourth-order valence-corrected chi connectivity index (χ4v) is 4.16. The highest BCUT2D eigenvalue weighted by molar-refractivity contribution is 14.1. The Morgan fingerprint density at radius 2 is 1.83 bits per heavy atom. The van der Waals surface area contributed by atoms with Gasteiger partial charge >= 0.3 is 4.05 Å². The van der Waals surface area contributed by atoms with Crippen LogP contribution in [0.4, 0.5) is 0 Å². The summed E-state index contributed by atoms with van der Waals surface area (Å²) in [5, 5.41) is 0. The Morgan fingerprint density at radius 1 is 1.09 bits per heavy atom. The molecule has 0 aliphatic carbocycles. The van der Waals surface area contributed by atoms with Crippen LogP contribution in [0.15, 0.2) is 48.5 Å². The van der Waals surface area contributed by atoms with E-state index in [-0.39, 0.29) is 4.05 Å². The first kappa shape index (κ1) is 16.9. The molecule has 0 saturated heterocycles. The van der Waals surface area contributed by atoms with Crippen molar-refractivity contribution in [3.05, 3.63) is 65.2 Å². The number of ketones is 1. The Balaban J connectivity index is 1.49. The Bertz CT molecular complexity index is 678. The van der Waals surface area contributed by atoms with E-state index in [0.717, 1.165) is 24.3 Å². The molecule has 0 aromatic heterocycles. The first-order valence-electron chi connectivity index (χ1n) is 7.80. The number of rotatable bonds is 6. The van der Waals surface area contributed by atoms with Crippen molar-refractivity contribution in [3.63, 3.8) is 0 Å². The van der Waals surface area contributed by atoms with Crippen molar-refractivity contribution in [2.75, 3.05) is 0 Å². The van der Waals surface area contributed by atoms with E-state index < -0.39 is 0 Å². The van der Waals surface area contributed by atoms with Gasteiger partial charge in [0.1, 0.15) is 11.5 Å². The molecule has 1 aliphatic heterocycles. The van der Waals surface area contributed by atoms with Gasteiger partial charge in [0.25, 0.3) is 0 Å². The van der Waals surface area contributed by atoms with Gasteiger partial charge in [0.2, 0.25) is 0 Å². The van der Waals surface area contributed by atoms with Gasteiger partial charge in [0, 0.05) is 24.2 Å². The fraction of sp³-hybridized carbons (Fsp3) is 0.278. The largest absolute Gasteiger partial charge is 0.542 e. The monoisotopic (exact) mass is 436 g/mol. The average molecular weight is 436 g/mol. The third-order valence-corrected chi connectivity index (χ3v) is 6.11. The highest BCUT2D eigenvalue weighted by Crippen LogP contribution is 2.34. The molecule has 0 radical (unpaired) electrons. The topological polar surface area (TPSA) is 26.3 Å². The van der Waals surface area contributed by atoms with E-state index in [9.17, 15) is 4.79 Å². The van der Waals surface area contributed by atoms with Crippen LogP contribution in [0.1, 0.15) is 29.5 Å². The van der Waals surface area contributed by atoms with Gasteiger partial charge < -0.3 is 4.65 Å². The number of Topliss-reactive ketones (excluding diaryl/α,β-unsaturated/α-hetero) is 1. The molecule has 0 amide bonds. The minimum absolute atomic E-state index is 0.200. The molecule has 0 spiro atoms. The highest BCUT2D eigenvalue weighted by atomic mass is 127. The molecule has 0 bridgehead atoms. The van der Waals surface area contributed by atoms with Gasteiger partial charge in [-0.05, 0) is 30.0 Å². The van der Waals surface area contributed by atoms with E-state index in [1.54, 1.807) is 11.6 Å². The molecule has 2 aromatic carbocycles. The lowest BCUT2D eigenvalue weighted by atomic mass is 10.0. The molecule has 3 rings (SSSR count). The lowest BCUT2D eigenvalue weighted by Crippen LogP contribution is -2.15. The maximum absolute atomic E-state index is 12.1. The van der Waals surface area contributed by atoms with Gasteiger partial charge in [-0.1, -0.05) is 64.8 Å². The third kappa shape index (κ3) is 5.01. The second-order valence-electron chi connectivity index (χ2n) is 5.67. The quantitative estimate of drug-likeness (QED) is 0.478. The molecule has 118 valence electrons. The molecule has 0 unspecified atom stereocenters. The average Bonchev–Trinajstić information content (AvgIpc) is 2.59. The number of benzene rings is 2. The molecule has 0 fully saturated rings. The highest BCUT2D eigenvalue weighted by Gasteiger charge is 2.22. The molecule has 0 atom stereocenters. The second-order valence-corrected chi connectivity index (χ2v) is 8.70. The number of hydrogen-bond acceptors (Lipinski definition) is 3. The maximum atomic E-state index is 12.1. The van der Waals surface area contributed by atoms with Crippen molar-refractivity contribution in [3.8, 4) is 5.75 Å². The van der Waals surface area contributed by atoms with E-state index in [0.29, 0.717) is 18.6 Å². The number of fused-ring (bicyclic) bond motifs is 1. The Kier molecular flexibility index (Phi) is 6.05. The van der Waals surface area contributed by atoms with E-state index in [1.165, 1.54) is 16.7 Å². The summed E-state index contributed by atoms with van der Waals surface area (Å²) in [5.74, 6) is 2.31. The molecule has 23 heavy (non-hydrogen) atoms. The molecule has 2 aromatic rings. The van der Waals surface area contributed by atoms with Crippen molar-refractivity contribution in [1.29, 1.82) is 0 Å². The van der Waals surface area contributed by atoms with Crippen molar-refractivity contribution in [1.82, 2.24) is 0 Å². The summed E-state index contributed by atoms with van der Waals surface area (Å²) in [6.45, 7) is 0. The first-order valence-corrected chi connectivity index (χ1v) is 10.1. The Labute approximate surface area is 155 Å². The molecule has 5 heteroatoms. The van der Waals surface area contributed by atoms with Gasteiger partial charge in [0.15, 0.2) is 0 Å². The van der Waals surface area contributed by atoms with Crippen LogP contribution in [0.5, 0.6) is 5.75 Å². The van der Waals surface area contributed by atoms with Crippen LogP contribution < -0.4 is 4.65 Å². The van der Waals surface area contributed by atoms with Crippen molar-refractivity contribution in [2.24, 2.45) is 0 Å². The summed E-state index contributed by atoms with van der Waals surface area (Å²) in [6.07, 6.45) is 2.91. The van der Waals surface area contributed by atoms with Crippen LogP contribution >= 0.6 is 34.0 Å². The van der Waals surface area contributed by atoms with E-state index in [1.807, 2.05) is 24.3 Å². The minimum atomic E-state index is 0.200. The number of halogens is 1. The standard InChI is InChI=1S/C18H18BIO2S/c20-19-22-18-11-8-15(12-16(18)13-23-19)7-10-17(21)9-6-14-4-2-1-3-5-14/h1-5,8,11-12H,6-7,9-10,13H2. The van der Waals surface area contributed by atoms with E-state index >= 15 is 0 Å². The number of carbonyl (C=O) groups excluding carboxylic acids is 1. The Hall–Kier alpha value is -0.945. The van der Waals surface area contributed by atoms with E-state index in [4.69, 9.17) is 4.65 Å². The van der Waals surface area contributed by atoms with E-state index in [2.05, 4.69) is 46.6 Å². The number of aryl methyl sites for hydroxylation is 2. The maximum Gasteiger partial charge on any atom is 0.500 e. The molecular formula is C18H18BIO2S. The van der Waals surface area contributed by atoms with Crippen LogP contribution in [0.2, 0.25) is 0 Å². The van der Waals surface area contributed by atoms with Gasteiger partial charge in [-0.15, -0.1) is 11.6 Å². The lowest BCUT2D eigenvalue weighted by Gasteiger charge is -2.20. The smallest absolute Gasteiger partial charge is 0.500 e. The summed E-state index contributed by atoms with van der Waals surface area (Å²) in [7, 11) is 0. The van der Waals surface area contributed by atoms with Crippen molar-refractivity contribution >= 4 is 43.8 Å². The molecule has 1 aliphatic rings. The zero-order chi connectivity index (χ0) is 16.1. The normalized spacial score (nSPS) is 13.3. The zero-order valence-electron chi connectivity index (χ0n) is 12.8. The van der Waals surface area contributed by atoms with Gasteiger partial charge in [-0.2, -0.15) is 0 Å². The predicted octanol–water partition coefficient (Wildman–Crippen LogP) is 4.87. The molecule has 0 saturated carbocycles. The SMILES string of the molecule is O=C(CCc1ccccc1)CCc1ccc2c(c1)CSB(I)O2. The summed E-state index contributed by atoms with van der Waals surface area (Å²) in [6, 6.07) is 16.5. The molecular weight excluding hydrogens is 418 g/mol. The summed E-state index contributed by atoms with van der Waals surface area (Å²) >= 11 is 4.09. The number of hydrogen-bond donors (Lipinski definition) is 0. The zero-order valence-corrected chi connectivity index (χ0v) is 15.8. The summed E-state index contributed by atoms with van der Waals surface area (Å²) < 4.78 is 5.98. The lowest BCUT2D eigenvalue weighted by molar-refractivity contribution is -0.119. The number of carbonyl (C=O) groups is 1. The second kappa shape index (κ2) is 8.24. The van der Waals surface area contributed by atoms with Crippen LogP contribution in [0, 0.1) is 0 Å². The first-order chi connectivity index (χ1) is 11.2. The van der Waals surface area contributed by atoms with Crippen LogP contribution in [-0.4, -0.2) is 9.83 Å². The minimum Gasteiger partial charge on any atom is -0.542 e. The van der Waals surface area contributed by atoms with Gasteiger partial charge in [-0.25, -0.2) is 0 Å². The Morgan fingerprint density at radius 3 is 2.61 bits per heavy atom. The molecule has 2 nitrogen and oxygen atoms in total. The molecule has 0 N–H and O–H groups in total. The van der Waals surface area contributed by atoms with Crippen molar-refractivity contribution in [2.45, 2.75) is 31.4 Å². The fourth-order valence-electron chi connectivity index (χ4n) is 2.64. The van der Waals surface area contributed by atoms with Crippen molar-refractivity contribution < 1.29 is 9.45 Å².